The van der Waals surface area contributed by atoms with E-state index in [0.717, 1.165) is 16.5 Å². The Hall–Kier alpha value is -2.15. The molecule has 0 bridgehead atoms. The SMILES string of the molecule is CC(C)=C1C=C(Cl)[C@@](C)(O[Si](C(C)C)(C(C)C)C(C)C)[C@H](c2cccc3c2ccn3C(=O)OC(C)(C)C)C1=O. The Kier molecular flexibility index (Phi) is 8.87. The van der Waals surface area contributed by atoms with Crippen molar-refractivity contribution in [1.29, 1.82) is 0 Å². The van der Waals surface area contributed by atoms with Gasteiger partial charge in [0.05, 0.1) is 16.5 Å². The number of rotatable bonds is 6. The van der Waals surface area contributed by atoms with Gasteiger partial charge in [0.25, 0.3) is 0 Å². The molecule has 0 unspecified atom stereocenters. The van der Waals surface area contributed by atoms with Crippen molar-refractivity contribution in [1.82, 2.24) is 4.57 Å². The lowest BCUT2D eigenvalue weighted by molar-refractivity contribution is -0.121. The fourth-order valence-electron chi connectivity index (χ4n) is 6.46. The van der Waals surface area contributed by atoms with Crippen molar-refractivity contribution in [2.75, 3.05) is 0 Å². The lowest BCUT2D eigenvalue weighted by Crippen LogP contribution is -2.57. The number of fused-ring (bicyclic) bond motifs is 1. The Balaban J connectivity index is 2.32. The molecule has 0 saturated carbocycles. The third-order valence-electron chi connectivity index (χ3n) is 8.13. The highest BCUT2D eigenvalue weighted by molar-refractivity contribution is 6.77. The zero-order valence-corrected chi connectivity index (χ0v) is 27.5. The summed E-state index contributed by atoms with van der Waals surface area (Å²) in [7, 11) is -2.46. The van der Waals surface area contributed by atoms with Crippen LogP contribution in [0.1, 0.15) is 94.6 Å². The molecule has 3 rings (SSSR count). The third-order valence-corrected chi connectivity index (χ3v) is 14.8. The molecule has 2 aromatic rings. The Morgan fingerprint density at radius 2 is 1.59 bits per heavy atom. The summed E-state index contributed by atoms with van der Waals surface area (Å²) in [6.45, 7) is 24.8. The first-order valence-corrected chi connectivity index (χ1v) is 16.5. The first kappa shape index (κ1) is 31.4. The predicted octanol–water partition coefficient (Wildman–Crippen LogP) is 9.50. The van der Waals surface area contributed by atoms with Crippen molar-refractivity contribution in [2.24, 2.45) is 0 Å². The van der Waals surface area contributed by atoms with Crippen LogP contribution in [0.5, 0.6) is 0 Å². The number of ketones is 1. The molecule has 2 atom stereocenters. The quantitative estimate of drug-likeness (QED) is 0.256. The molecule has 1 aromatic carbocycles. The number of hydrogen-bond donors (Lipinski definition) is 0. The molecule has 5 nitrogen and oxygen atoms in total. The first-order chi connectivity index (χ1) is 17.9. The minimum absolute atomic E-state index is 0.0152. The van der Waals surface area contributed by atoms with E-state index >= 15 is 0 Å². The minimum Gasteiger partial charge on any atom is -0.443 e. The maximum atomic E-state index is 14.4. The Labute approximate surface area is 240 Å². The number of hydrogen-bond acceptors (Lipinski definition) is 4. The molecular weight excluding hydrogens is 526 g/mol. The van der Waals surface area contributed by atoms with Gasteiger partial charge in [-0.1, -0.05) is 70.8 Å². The fourth-order valence-corrected chi connectivity index (χ4v) is 12.4. The molecule has 0 radical (unpaired) electrons. The molecule has 0 aliphatic heterocycles. The molecule has 214 valence electrons. The topological polar surface area (TPSA) is 57.5 Å². The lowest BCUT2D eigenvalue weighted by Gasteiger charge is -2.51. The van der Waals surface area contributed by atoms with Crippen LogP contribution in [0.4, 0.5) is 4.79 Å². The van der Waals surface area contributed by atoms with Gasteiger partial charge >= 0.3 is 6.09 Å². The average Bonchev–Trinajstić information content (AvgIpc) is 3.23. The third kappa shape index (κ3) is 5.57. The summed E-state index contributed by atoms with van der Waals surface area (Å²) >= 11 is 7.16. The molecule has 0 spiro atoms. The van der Waals surface area contributed by atoms with Crippen LogP contribution in [0.3, 0.4) is 0 Å². The summed E-state index contributed by atoms with van der Waals surface area (Å²) in [6.07, 6.45) is 3.06. The number of carbonyl (C=O) groups excluding carboxylic acids is 2. The van der Waals surface area contributed by atoms with Crippen LogP contribution < -0.4 is 0 Å². The van der Waals surface area contributed by atoms with Crippen molar-refractivity contribution in [2.45, 2.75) is 117 Å². The first-order valence-electron chi connectivity index (χ1n) is 14.0. The molecule has 7 heteroatoms. The second kappa shape index (κ2) is 11.0. The van der Waals surface area contributed by atoms with E-state index in [-0.39, 0.29) is 5.78 Å². The van der Waals surface area contributed by atoms with Crippen LogP contribution in [0, 0.1) is 0 Å². The van der Waals surface area contributed by atoms with E-state index in [9.17, 15) is 9.59 Å². The number of carbonyl (C=O) groups is 2. The van der Waals surface area contributed by atoms with E-state index in [1.54, 1.807) is 6.20 Å². The van der Waals surface area contributed by atoms with Gasteiger partial charge in [0, 0.05) is 17.2 Å². The molecule has 1 aromatic heterocycles. The van der Waals surface area contributed by atoms with Crippen molar-refractivity contribution in [3.8, 4) is 0 Å². The largest absolute Gasteiger partial charge is 0.443 e. The van der Waals surface area contributed by atoms with Gasteiger partial charge in [-0.15, -0.1) is 0 Å². The predicted molar refractivity (Wildman–Crippen MR) is 164 cm³/mol. The molecule has 1 aliphatic rings. The highest BCUT2D eigenvalue weighted by atomic mass is 35.5. The summed E-state index contributed by atoms with van der Waals surface area (Å²) in [5.74, 6) is -0.695. The van der Waals surface area contributed by atoms with Gasteiger partial charge in [-0.05, 0) is 81.9 Å². The van der Waals surface area contributed by atoms with Crippen LogP contribution in [-0.4, -0.2) is 36.0 Å². The van der Waals surface area contributed by atoms with Crippen molar-refractivity contribution >= 4 is 42.7 Å². The van der Waals surface area contributed by atoms with Crippen molar-refractivity contribution < 1.29 is 18.8 Å². The zero-order chi connectivity index (χ0) is 29.7. The van der Waals surface area contributed by atoms with E-state index in [4.69, 9.17) is 20.8 Å². The number of halogens is 1. The summed E-state index contributed by atoms with van der Waals surface area (Å²) in [4.78, 5) is 27.4. The molecular formula is C32H46ClNO4Si. The smallest absolute Gasteiger partial charge is 0.418 e. The maximum absolute atomic E-state index is 14.4. The highest BCUT2D eigenvalue weighted by Crippen LogP contribution is 2.53. The lowest BCUT2D eigenvalue weighted by atomic mass is 9.72. The second-order valence-corrected chi connectivity index (χ2v) is 19.0. The van der Waals surface area contributed by atoms with Crippen LogP contribution in [0.15, 0.2) is 52.7 Å². The van der Waals surface area contributed by atoms with Gasteiger partial charge in [0.1, 0.15) is 11.2 Å². The summed E-state index contributed by atoms with van der Waals surface area (Å²) in [5.41, 5.74) is 2.23. The van der Waals surface area contributed by atoms with Crippen LogP contribution >= 0.6 is 11.6 Å². The molecule has 1 heterocycles. The molecule has 39 heavy (non-hydrogen) atoms. The standard InChI is InChI=1S/C32H46ClNO4Si/c1-19(2)25-18-27(33)32(12,38-39(20(3)4,21(5)6)22(7)8)28(29(25)35)24-14-13-15-26-23(24)16-17-34(26)30(36)37-31(9,10)11/h13-18,20-22,28H,1-12H3/t28-,32-/m1/s1. The van der Waals surface area contributed by atoms with Gasteiger partial charge in [-0.2, -0.15) is 0 Å². The van der Waals surface area contributed by atoms with Gasteiger partial charge in [0.15, 0.2) is 5.78 Å². The second-order valence-electron chi connectivity index (χ2n) is 13.2. The molecule has 0 N–H and O–H groups in total. The Morgan fingerprint density at radius 1 is 1.03 bits per heavy atom. The number of aromatic nitrogens is 1. The summed E-state index contributed by atoms with van der Waals surface area (Å²) < 4.78 is 14.5. The minimum atomic E-state index is -2.46. The Morgan fingerprint density at radius 3 is 2.08 bits per heavy atom. The van der Waals surface area contributed by atoms with Gasteiger partial charge in [-0.3, -0.25) is 9.36 Å². The number of Topliss-reactive ketones (excluding diaryl/α,β-unsaturated/α-hetero) is 1. The van der Waals surface area contributed by atoms with Gasteiger partial charge < -0.3 is 9.16 Å². The summed E-state index contributed by atoms with van der Waals surface area (Å²) in [6, 6.07) is 7.61. The molecule has 0 saturated heterocycles. The molecule has 0 fully saturated rings. The van der Waals surface area contributed by atoms with E-state index in [0.29, 0.717) is 32.7 Å². The normalized spacial score (nSPS) is 20.8. The monoisotopic (exact) mass is 571 g/mol. The van der Waals surface area contributed by atoms with E-state index in [1.165, 1.54) is 4.57 Å². The summed E-state index contributed by atoms with van der Waals surface area (Å²) in [5, 5.41) is 1.34. The van der Waals surface area contributed by atoms with Gasteiger partial charge in [0.2, 0.25) is 8.32 Å². The number of nitrogens with zero attached hydrogens (tertiary/aromatic N) is 1. The van der Waals surface area contributed by atoms with Gasteiger partial charge in [-0.25, -0.2) is 4.79 Å². The van der Waals surface area contributed by atoms with E-state index < -0.39 is 31.5 Å². The van der Waals surface area contributed by atoms with E-state index in [1.807, 2.05) is 71.9 Å². The van der Waals surface area contributed by atoms with Crippen LogP contribution in [0.25, 0.3) is 10.9 Å². The molecule has 1 aliphatic carbocycles. The van der Waals surface area contributed by atoms with E-state index in [2.05, 4.69) is 41.5 Å². The average molecular weight is 572 g/mol. The fraction of sp³-hybridized carbons (Fsp3) is 0.562. The highest BCUT2D eigenvalue weighted by Gasteiger charge is 2.56. The van der Waals surface area contributed by atoms with Crippen molar-refractivity contribution in [3.05, 3.63) is 58.3 Å². The molecule has 0 amide bonds. The number of allylic oxidation sites excluding steroid dienone is 3. The van der Waals surface area contributed by atoms with Crippen LogP contribution in [0.2, 0.25) is 16.6 Å². The van der Waals surface area contributed by atoms with Crippen LogP contribution in [-0.2, 0) is 14.0 Å². The Bertz CT molecular complexity index is 1300. The van der Waals surface area contributed by atoms with Crippen molar-refractivity contribution in [3.63, 3.8) is 0 Å². The number of ether oxygens (including phenoxy) is 1. The zero-order valence-electron chi connectivity index (χ0n) is 25.7. The number of benzene rings is 1. The maximum Gasteiger partial charge on any atom is 0.418 e.